The lowest BCUT2D eigenvalue weighted by Crippen LogP contribution is -2.02. The van der Waals surface area contributed by atoms with Crippen LogP contribution < -0.4 is 0 Å². The Labute approximate surface area is 90.9 Å². The van der Waals surface area contributed by atoms with Crippen LogP contribution in [0.5, 0.6) is 0 Å². The van der Waals surface area contributed by atoms with Gasteiger partial charge in [-0.25, -0.2) is 0 Å². The van der Waals surface area contributed by atoms with Gasteiger partial charge in [0.05, 0.1) is 24.0 Å². The molecule has 2 rings (SSSR count). The van der Waals surface area contributed by atoms with Gasteiger partial charge in [-0.05, 0) is 12.1 Å². The lowest BCUT2D eigenvalue weighted by Gasteiger charge is -1.98. The standard InChI is InChI=1S/C9H6ClN5/c10-9-2-1-8(13-14-9)6-15-5-7(3-11)4-12-15/h1-2,4-5H,6H2. The maximum absolute atomic E-state index is 8.60. The summed E-state index contributed by atoms with van der Waals surface area (Å²) in [6.45, 7) is 0.478. The van der Waals surface area contributed by atoms with Crippen LogP contribution in [0.1, 0.15) is 11.3 Å². The number of hydrogen-bond acceptors (Lipinski definition) is 4. The van der Waals surface area contributed by atoms with E-state index >= 15 is 0 Å². The van der Waals surface area contributed by atoms with E-state index in [2.05, 4.69) is 15.3 Å². The molecule has 0 bridgehead atoms. The summed E-state index contributed by atoms with van der Waals surface area (Å²) in [6.07, 6.45) is 3.15. The zero-order chi connectivity index (χ0) is 10.7. The first-order valence-corrected chi connectivity index (χ1v) is 4.56. The SMILES string of the molecule is N#Cc1cnn(Cc2ccc(Cl)nn2)c1. The second-order valence-corrected chi connectivity index (χ2v) is 3.27. The van der Waals surface area contributed by atoms with Crippen LogP contribution in [-0.2, 0) is 6.54 Å². The maximum Gasteiger partial charge on any atom is 0.151 e. The number of nitrogens with zero attached hydrogens (tertiary/aromatic N) is 5. The maximum atomic E-state index is 8.60. The second kappa shape index (κ2) is 4.07. The molecular formula is C9H6ClN5. The van der Waals surface area contributed by atoms with E-state index < -0.39 is 0 Å². The van der Waals surface area contributed by atoms with E-state index in [4.69, 9.17) is 16.9 Å². The van der Waals surface area contributed by atoms with Gasteiger partial charge in [0.25, 0.3) is 0 Å². The molecule has 0 saturated heterocycles. The minimum absolute atomic E-state index is 0.358. The predicted molar refractivity (Wildman–Crippen MR) is 53.1 cm³/mol. The Balaban J connectivity index is 2.15. The first-order chi connectivity index (χ1) is 7.28. The molecule has 6 heteroatoms. The van der Waals surface area contributed by atoms with E-state index in [-0.39, 0.29) is 0 Å². The molecule has 0 fully saturated rings. The molecule has 0 atom stereocenters. The van der Waals surface area contributed by atoms with Gasteiger partial charge >= 0.3 is 0 Å². The van der Waals surface area contributed by atoms with Gasteiger partial charge in [0.1, 0.15) is 6.07 Å². The number of hydrogen-bond donors (Lipinski definition) is 0. The zero-order valence-electron chi connectivity index (χ0n) is 7.63. The highest BCUT2D eigenvalue weighted by Gasteiger charge is 2.00. The number of nitriles is 1. The van der Waals surface area contributed by atoms with E-state index in [1.807, 2.05) is 6.07 Å². The van der Waals surface area contributed by atoms with E-state index in [0.29, 0.717) is 17.3 Å². The van der Waals surface area contributed by atoms with Crippen LogP contribution in [-0.4, -0.2) is 20.0 Å². The van der Waals surface area contributed by atoms with Gasteiger partial charge in [0.2, 0.25) is 0 Å². The van der Waals surface area contributed by atoms with Crippen molar-refractivity contribution >= 4 is 11.6 Å². The number of aromatic nitrogens is 4. The Morgan fingerprint density at radius 1 is 1.40 bits per heavy atom. The predicted octanol–water partition coefficient (Wildman–Crippen LogP) is 1.25. The van der Waals surface area contributed by atoms with Crippen molar-refractivity contribution < 1.29 is 0 Å². The van der Waals surface area contributed by atoms with E-state index in [9.17, 15) is 0 Å². The van der Waals surface area contributed by atoms with E-state index in [1.165, 1.54) is 6.20 Å². The summed E-state index contributed by atoms with van der Waals surface area (Å²) in [5.41, 5.74) is 1.27. The molecule has 0 aromatic carbocycles. The summed E-state index contributed by atoms with van der Waals surface area (Å²) in [7, 11) is 0. The van der Waals surface area contributed by atoms with Gasteiger partial charge in [-0.1, -0.05) is 11.6 Å². The normalized spacial score (nSPS) is 9.87. The van der Waals surface area contributed by atoms with Crippen molar-refractivity contribution in [3.05, 3.63) is 40.9 Å². The van der Waals surface area contributed by atoms with Crippen LogP contribution in [0.4, 0.5) is 0 Å². The third kappa shape index (κ3) is 2.30. The Kier molecular flexibility index (Phi) is 2.61. The zero-order valence-corrected chi connectivity index (χ0v) is 8.39. The molecule has 0 saturated carbocycles. The molecule has 0 radical (unpaired) electrons. The Morgan fingerprint density at radius 2 is 2.27 bits per heavy atom. The number of rotatable bonds is 2. The van der Waals surface area contributed by atoms with Gasteiger partial charge in [-0.3, -0.25) is 4.68 Å². The fourth-order valence-electron chi connectivity index (χ4n) is 1.10. The van der Waals surface area contributed by atoms with Gasteiger partial charge in [-0.15, -0.1) is 5.10 Å². The third-order valence-electron chi connectivity index (χ3n) is 1.77. The van der Waals surface area contributed by atoms with Crippen molar-refractivity contribution in [3.8, 4) is 6.07 Å². The van der Waals surface area contributed by atoms with Crippen LogP contribution in [0.25, 0.3) is 0 Å². The lowest BCUT2D eigenvalue weighted by atomic mass is 10.4. The molecular weight excluding hydrogens is 214 g/mol. The average Bonchev–Trinajstić information content (AvgIpc) is 2.69. The topological polar surface area (TPSA) is 67.4 Å². The highest BCUT2D eigenvalue weighted by atomic mass is 35.5. The van der Waals surface area contributed by atoms with Crippen LogP contribution in [0.15, 0.2) is 24.5 Å². The average molecular weight is 220 g/mol. The van der Waals surface area contributed by atoms with Crippen LogP contribution in [0.3, 0.4) is 0 Å². The summed E-state index contributed by atoms with van der Waals surface area (Å²) in [6, 6.07) is 5.43. The Bertz CT molecular complexity index is 496. The number of halogens is 1. The minimum atomic E-state index is 0.358. The molecule has 0 aliphatic rings. The van der Waals surface area contributed by atoms with Crippen LogP contribution >= 0.6 is 11.6 Å². The van der Waals surface area contributed by atoms with Crippen LogP contribution in [0.2, 0.25) is 5.15 Å². The lowest BCUT2D eigenvalue weighted by molar-refractivity contribution is 0.663. The minimum Gasteiger partial charge on any atom is -0.265 e. The molecule has 15 heavy (non-hydrogen) atoms. The smallest absolute Gasteiger partial charge is 0.151 e. The van der Waals surface area contributed by atoms with Crippen molar-refractivity contribution in [1.29, 1.82) is 5.26 Å². The molecule has 0 unspecified atom stereocenters. The Morgan fingerprint density at radius 3 is 2.87 bits per heavy atom. The molecule has 2 aromatic heterocycles. The largest absolute Gasteiger partial charge is 0.265 e. The molecule has 5 nitrogen and oxygen atoms in total. The van der Waals surface area contributed by atoms with Crippen molar-refractivity contribution in [1.82, 2.24) is 20.0 Å². The molecule has 2 aromatic rings. The highest BCUT2D eigenvalue weighted by molar-refractivity contribution is 6.29. The fraction of sp³-hybridized carbons (Fsp3) is 0.111. The van der Waals surface area contributed by atoms with Crippen molar-refractivity contribution in [2.24, 2.45) is 0 Å². The highest BCUT2D eigenvalue weighted by Crippen LogP contribution is 2.04. The van der Waals surface area contributed by atoms with E-state index in [0.717, 1.165) is 5.69 Å². The summed E-state index contributed by atoms with van der Waals surface area (Å²) >= 11 is 5.60. The summed E-state index contributed by atoms with van der Waals surface area (Å²) in [5.74, 6) is 0. The van der Waals surface area contributed by atoms with Gasteiger partial charge in [0, 0.05) is 6.20 Å². The quantitative estimate of drug-likeness (QED) is 0.762. The monoisotopic (exact) mass is 219 g/mol. The molecule has 0 spiro atoms. The Hall–Kier alpha value is -1.93. The molecule has 0 aliphatic heterocycles. The molecule has 2 heterocycles. The first-order valence-electron chi connectivity index (χ1n) is 4.18. The van der Waals surface area contributed by atoms with Crippen molar-refractivity contribution in [2.75, 3.05) is 0 Å². The first kappa shape index (κ1) is 9.62. The molecule has 0 N–H and O–H groups in total. The fourth-order valence-corrected chi connectivity index (χ4v) is 1.20. The van der Waals surface area contributed by atoms with Gasteiger partial charge in [-0.2, -0.15) is 15.5 Å². The van der Waals surface area contributed by atoms with Crippen molar-refractivity contribution in [3.63, 3.8) is 0 Å². The summed E-state index contributed by atoms with van der Waals surface area (Å²) in [5, 5.41) is 20.6. The summed E-state index contributed by atoms with van der Waals surface area (Å²) < 4.78 is 1.62. The van der Waals surface area contributed by atoms with Gasteiger partial charge in [0.15, 0.2) is 5.15 Å². The molecule has 0 aliphatic carbocycles. The molecule has 74 valence electrons. The van der Waals surface area contributed by atoms with Crippen LogP contribution in [0, 0.1) is 11.3 Å². The summed E-state index contributed by atoms with van der Waals surface area (Å²) in [4.78, 5) is 0. The second-order valence-electron chi connectivity index (χ2n) is 2.89. The van der Waals surface area contributed by atoms with Crippen molar-refractivity contribution in [2.45, 2.75) is 6.54 Å². The third-order valence-corrected chi connectivity index (χ3v) is 1.98. The van der Waals surface area contributed by atoms with E-state index in [1.54, 1.807) is 23.0 Å². The molecule has 0 amide bonds. The van der Waals surface area contributed by atoms with Gasteiger partial charge < -0.3 is 0 Å².